The Hall–Kier alpha value is -1.93. The first-order valence-corrected chi connectivity index (χ1v) is 8.22. The van der Waals surface area contributed by atoms with Gasteiger partial charge in [0.1, 0.15) is 10.6 Å². The lowest BCUT2D eigenvalue weighted by Crippen LogP contribution is -2.12. The average Bonchev–Trinajstić information content (AvgIpc) is 2.90. The molecule has 0 aliphatic carbocycles. The number of carboxylic acid groups (broad SMARTS) is 1. The zero-order valence-electron chi connectivity index (χ0n) is 10.5. The van der Waals surface area contributed by atoms with Crippen molar-refractivity contribution >= 4 is 33.4 Å². The number of H-pyrrole nitrogens is 1. The van der Waals surface area contributed by atoms with E-state index >= 15 is 0 Å². The molecule has 0 saturated heterocycles. The quantitative estimate of drug-likeness (QED) is 0.735. The van der Waals surface area contributed by atoms with Crippen molar-refractivity contribution in [3.63, 3.8) is 0 Å². The highest BCUT2D eigenvalue weighted by Crippen LogP contribution is 2.20. The number of aromatic carboxylic acids is 1. The third kappa shape index (κ3) is 3.14. The molecule has 0 saturated carbocycles. The van der Waals surface area contributed by atoms with Gasteiger partial charge in [-0.3, -0.25) is 4.72 Å². The van der Waals surface area contributed by atoms with Gasteiger partial charge >= 0.3 is 5.97 Å². The molecule has 6 nitrogen and oxygen atoms in total. The molecule has 0 fully saturated rings. The number of anilines is 1. The normalized spacial score (nSPS) is 11.2. The summed E-state index contributed by atoms with van der Waals surface area (Å²) in [5, 5.41) is 8.76. The highest BCUT2D eigenvalue weighted by atomic mass is 32.2. The number of benzene rings is 1. The minimum Gasteiger partial charge on any atom is -0.477 e. The molecule has 0 aliphatic rings. The van der Waals surface area contributed by atoms with Crippen molar-refractivity contribution in [2.75, 3.05) is 11.0 Å². The fraction of sp³-hybridized carbons (Fsp3) is 0.0833. The van der Waals surface area contributed by atoms with E-state index in [0.717, 1.165) is 17.2 Å². The van der Waals surface area contributed by atoms with Gasteiger partial charge < -0.3 is 10.1 Å². The van der Waals surface area contributed by atoms with E-state index in [1.165, 1.54) is 0 Å². The molecule has 1 aromatic heterocycles. The van der Waals surface area contributed by atoms with E-state index in [2.05, 4.69) is 9.71 Å². The van der Waals surface area contributed by atoms with Crippen molar-refractivity contribution in [1.29, 1.82) is 0 Å². The van der Waals surface area contributed by atoms with Crippen LogP contribution in [0.1, 0.15) is 10.5 Å². The Balaban J connectivity index is 2.23. The van der Waals surface area contributed by atoms with Gasteiger partial charge in [-0.25, -0.2) is 13.2 Å². The molecule has 1 aromatic carbocycles. The zero-order chi connectivity index (χ0) is 14.8. The van der Waals surface area contributed by atoms with Crippen LogP contribution >= 0.6 is 11.8 Å². The van der Waals surface area contributed by atoms with Crippen molar-refractivity contribution in [3.8, 4) is 0 Å². The largest absolute Gasteiger partial charge is 0.477 e. The first-order chi connectivity index (χ1) is 9.42. The monoisotopic (exact) mass is 312 g/mol. The summed E-state index contributed by atoms with van der Waals surface area (Å²) in [4.78, 5) is 14.0. The zero-order valence-corrected chi connectivity index (χ0v) is 12.1. The third-order valence-electron chi connectivity index (χ3n) is 2.54. The Morgan fingerprint density at radius 2 is 1.95 bits per heavy atom. The van der Waals surface area contributed by atoms with E-state index < -0.39 is 16.0 Å². The Morgan fingerprint density at radius 1 is 1.30 bits per heavy atom. The van der Waals surface area contributed by atoms with Crippen molar-refractivity contribution < 1.29 is 18.3 Å². The van der Waals surface area contributed by atoms with Crippen LogP contribution in [0.2, 0.25) is 0 Å². The fourth-order valence-corrected chi connectivity index (χ4v) is 2.99. The molecule has 0 radical (unpaired) electrons. The highest BCUT2D eigenvalue weighted by Gasteiger charge is 2.18. The molecule has 8 heteroatoms. The van der Waals surface area contributed by atoms with Crippen LogP contribution in [-0.4, -0.2) is 30.7 Å². The van der Waals surface area contributed by atoms with E-state index in [-0.39, 0.29) is 10.6 Å². The molecule has 2 rings (SSSR count). The van der Waals surface area contributed by atoms with Gasteiger partial charge in [0, 0.05) is 16.8 Å². The Morgan fingerprint density at radius 3 is 2.45 bits per heavy atom. The number of carboxylic acids is 1. The lowest BCUT2D eigenvalue weighted by atomic mass is 10.3. The first kappa shape index (κ1) is 14.5. The van der Waals surface area contributed by atoms with Crippen LogP contribution in [0.5, 0.6) is 0 Å². The smallest absolute Gasteiger partial charge is 0.352 e. The molecule has 0 spiro atoms. The molecule has 3 N–H and O–H groups in total. The number of rotatable bonds is 5. The van der Waals surface area contributed by atoms with E-state index in [4.69, 9.17) is 5.11 Å². The number of thioether (sulfide) groups is 1. The Labute approximate surface area is 120 Å². The average molecular weight is 312 g/mol. The minimum absolute atomic E-state index is 0.121. The van der Waals surface area contributed by atoms with E-state index in [0.29, 0.717) is 5.69 Å². The molecule has 0 atom stereocenters. The summed E-state index contributed by atoms with van der Waals surface area (Å²) >= 11 is 1.55. The summed E-state index contributed by atoms with van der Waals surface area (Å²) in [7, 11) is -3.80. The Bertz CT molecular complexity index is 720. The van der Waals surface area contributed by atoms with E-state index in [1.807, 2.05) is 6.26 Å². The second-order valence-corrected chi connectivity index (χ2v) is 6.45. The molecular formula is C12H12N2O4S2. The molecule has 2 aromatic rings. The molecule has 20 heavy (non-hydrogen) atoms. The molecule has 0 amide bonds. The number of hydrogen-bond donors (Lipinski definition) is 3. The molecule has 0 unspecified atom stereocenters. The predicted octanol–water partition coefficient (Wildman–Crippen LogP) is 2.24. The SMILES string of the molecule is CSc1ccc(NS(=O)(=O)c2c[nH]c(C(=O)O)c2)cc1. The van der Waals surface area contributed by atoms with Crippen LogP contribution in [-0.2, 0) is 10.0 Å². The van der Waals surface area contributed by atoms with Gasteiger partial charge in [0.25, 0.3) is 10.0 Å². The highest BCUT2D eigenvalue weighted by molar-refractivity contribution is 7.98. The second-order valence-electron chi connectivity index (χ2n) is 3.89. The third-order valence-corrected chi connectivity index (χ3v) is 4.64. The predicted molar refractivity (Wildman–Crippen MR) is 76.8 cm³/mol. The maximum atomic E-state index is 12.1. The van der Waals surface area contributed by atoms with Crippen LogP contribution in [0.4, 0.5) is 5.69 Å². The van der Waals surface area contributed by atoms with Crippen LogP contribution in [0.15, 0.2) is 46.3 Å². The van der Waals surface area contributed by atoms with Crippen molar-refractivity contribution in [2.45, 2.75) is 9.79 Å². The van der Waals surface area contributed by atoms with Gasteiger partial charge in [0.15, 0.2) is 0 Å². The lowest BCUT2D eigenvalue weighted by Gasteiger charge is -2.06. The number of aromatic amines is 1. The van der Waals surface area contributed by atoms with Crippen molar-refractivity contribution in [2.24, 2.45) is 0 Å². The summed E-state index contributed by atoms with van der Waals surface area (Å²) in [6.45, 7) is 0. The molecule has 0 bridgehead atoms. The molecular weight excluding hydrogens is 300 g/mol. The van der Waals surface area contributed by atoms with Crippen LogP contribution < -0.4 is 4.72 Å². The van der Waals surface area contributed by atoms with Crippen LogP contribution in [0.3, 0.4) is 0 Å². The van der Waals surface area contributed by atoms with E-state index in [9.17, 15) is 13.2 Å². The number of carbonyl (C=O) groups is 1. The van der Waals surface area contributed by atoms with Gasteiger partial charge in [-0.2, -0.15) is 0 Å². The standard InChI is InChI=1S/C12H12N2O4S2/c1-19-9-4-2-8(3-5-9)14-20(17,18)10-6-11(12(15)16)13-7-10/h2-7,13-14H,1H3,(H,15,16). The number of aromatic nitrogens is 1. The summed E-state index contributed by atoms with van der Waals surface area (Å²) < 4.78 is 26.5. The van der Waals surface area contributed by atoms with Crippen LogP contribution in [0, 0.1) is 0 Å². The minimum atomic E-state index is -3.80. The Kier molecular flexibility index (Phi) is 4.05. The van der Waals surface area contributed by atoms with Gasteiger partial charge in [0.2, 0.25) is 0 Å². The summed E-state index contributed by atoms with van der Waals surface area (Å²) in [5.74, 6) is -1.21. The maximum Gasteiger partial charge on any atom is 0.352 e. The lowest BCUT2D eigenvalue weighted by molar-refractivity contribution is 0.0691. The molecule has 106 valence electrons. The maximum absolute atomic E-state index is 12.1. The summed E-state index contributed by atoms with van der Waals surface area (Å²) in [6.07, 6.45) is 3.06. The summed E-state index contributed by atoms with van der Waals surface area (Å²) in [6, 6.07) is 7.95. The number of sulfonamides is 1. The van der Waals surface area contributed by atoms with E-state index in [1.54, 1.807) is 36.0 Å². The first-order valence-electron chi connectivity index (χ1n) is 5.51. The van der Waals surface area contributed by atoms with Gasteiger partial charge in [0.05, 0.1) is 0 Å². The fourth-order valence-electron chi connectivity index (χ4n) is 1.53. The van der Waals surface area contributed by atoms with Crippen LogP contribution in [0.25, 0.3) is 0 Å². The van der Waals surface area contributed by atoms with Gasteiger partial charge in [-0.1, -0.05) is 0 Å². The molecule has 1 heterocycles. The van der Waals surface area contributed by atoms with Crippen molar-refractivity contribution in [1.82, 2.24) is 4.98 Å². The second kappa shape index (κ2) is 5.59. The van der Waals surface area contributed by atoms with Crippen molar-refractivity contribution in [3.05, 3.63) is 42.2 Å². The summed E-state index contributed by atoms with van der Waals surface area (Å²) in [5.41, 5.74) is 0.240. The van der Waals surface area contributed by atoms with Gasteiger partial charge in [-0.15, -0.1) is 11.8 Å². The topological polar surface area (TPSA) is 99.3 Å². The number of nitrogens with one attached hydrogen (secondary N) is 2. The molecule has 0 aliphatic heterocycles. The van der Waals surface area contributed by atoms with Gasteiger partial charge in [-0.05, 0) is 36.6 Å². The number of hydrogen-bond acceptors (Lipinski definition) is 4.